The maximum Gasteiger partial charge on any atom is 0.320 e. The maximum atomic E-state index is 13.2. The first-order valence-electron chi connectivity index (χ1n) is 17.2. The van der Waals surface area contributed by atoms with E-state index in [9.17, 15) is 52.8 Å². The number of carboxylic acids is 4. The Labute approximate surface area is 363 Å². The molecule has 1 aliphatic rings. The third-order valence-electron chi connectivity index (χ3n) is 9.21. The van der Waals surface area contributed by atoms with Gasteiger partial charge in [-0.1, -0.05) is 12.1 Å². The fourth-order valence-corrected chi connectivity index (χ4v) is 7.93. The minimum Gasteiger partial charge on any atom is -0.481 e. The van der Waals surface area contributed by atoms with Gasteiger partial charge in [-0.25, -0.2) is 18.1 Å². The van der Waals surface area contributed by atoms with E-state index in [-0.39, 0.29) is 158 Å². The normalized spacial score (nSPS) is 16.9. The Bertz CT molecular complexity index is 1900. The van der Waals surface area contributed by atoms with Gasteiger partial charge in [-0.15, -0.1) is 11.3 Å². The average molecular weight is 949 g/mol. The van der Waals surface area contributed by atoms with E-state index in [2.05, 4.69) is 4.72 Å². The Balaban J connectivity index is 0.00000523. The standard InChI is InChI=1S/C34H46N6O11S2.Eu.H2O/c1-53(50,51)35-12-13-37-14-18-39(26(33(46)47)8-10-29(41)42)20-16-38(17-21-40(19-15-37)27(34(48)49)9-11-30(43)44)22-23-6-7-25-31(45)24-4-2-3-5-28(24)52-32(25)36-23;;/h2-7,26-27,35H,8-22H2,1H3,(H,41,42)(H,43,44)(H,46,47)(H,48,49);;1H2. The van der Waals surface area contributed by atoms with Crippen LogP contribution in [0.15, 0.2) is 41.2 Å². The van der Waals surface area contributed by atoms with Crippen molar-refractivity contribution >= 4 is 65.5 Å². The fraction of sp³-hybridized carbons (Fsp3) is 0.529. The van der Waals surface area contributed by atoms with Crippen LogP contribution in [-0.4, -0.2) is 167 Å². The summed E-state index contributed by atoms with van der Waals surface area (Å²) in [6.45, 7) is 2.33. The molecular weight excluding hydrogens is 901 g/mol. The molecule has 2 unspecified atom stereocenters. The van der Waals surface area contributed by atoms with Gasteiger partial charge in [0.1, 0.15) is 16.9 Å². The van der Waals surface area contributed by atoms with Crippen molar-refractivity contribution < 1.29 is 103 Å². The van der Waals surface area contributed by atoms with E-state index in [1.54, 1.807) is 34.1 Å². The molecule has 1 aromatic carbocycles. The van der Waals surface area contributed by atoms with Gasteiger partial charge in [0.05, 0.1) is 17.3 Å². The zero-order valence-corrected chi connectivity index (χ0v) is 34.4. The van der Waals surface area contributed by atoms with Crippen LogP contribution in [0, 0.1) is 49.4 Å². The number of aliphatic carboxylic acids is 4. The van der Waals surface area contributed by atoms with Crippen LogP contribution >= 0.6 is 11.3 Å². The molecule has 2 atom stereocenters. The van der Waals surface area contributed by atoms with Gasteiger partial charge in [-0.05, 0) is 37.1 Å². The molecule has 4 rings (SSSR count). The van der Waals surface area contributed by atoms with Gasteiger partial charge < -0.3 is 25.9 Å². The fourth-order valence-electron chi connectivity index (χ4n) is 6.40. The number of carbonyl (C=O) groups is 4. The summed E-state index contributed by atoms with van der Waals surface area (Å²) in [6.07, 6.45) is 0.0166. The van der Waals surface area contributed by atoms with Crippen molar-refractivity contribution in [2.24, 2.45) is 0 Å². The number of fused-ring (bicyclic) bond motifs is 2. The number of rotatable bonds is 16. The molecule has 18 nitrogen and oxygen atoms in total. The van der Waals surface area contributed by atoms with E-state index in [0.29, 0.717) is 21.3 Å². The van der Waals surface area contributed by atoms with Crippen molar-refractivity contribution in [1.29, 1.82) is 0 Å². The molecule has 2 aromatic heterocycles. The summed E-state index contributed by atoms with van der Waals surface area (Å²) in [6, 6.07) is 8.49. The van der Waals surface area contributed by atoms with E-state index in [1.807, 2.05) is 21.9 Å². The third kappa shape index (κ3) is 15.4. The van der Waals surface area contributed by atoms with E-state index >= 15 is 0 Å². The van der Waals surface area contributed by atoms with Crippen LogP contribution in [0.25, 0.3) is 20.3 Å². The van der Waals surface area contributed by atoms with Crippen LogP contribution < -0.4 is 10.2 Å². The van der Waals surface area contributed by atoms with Crippen molar-refractivity contribution in [3.8, 4) is 0 Å². The number of sulfonamides is 1. The number of aromatic nitrogens is 1. The van der Waals surface area contributed by atoms with E-state index < -0.39 is 46.0 Å². The monoisotopic (exact) mass is 949 g/mol. The molecular formula is C34H48EuN6O12S2. The predicted molar refractivity (Wildman–Crippen MR) is 201 cm³/mol. The molecule has 0 amide bonds. The van der Waals surface area contributed by atoms with Crippen molar-refractivity contribution in [3.05, 3.63) is 52.3 Å². The number of benzene rings is 1. The second-order valence-corrected chi connectivity index (χ2v) is 15.9. The summed E-state index contributed by atoms with van der Waals surface area (Å²) in [5.74, 6) is -4.62. The van der Waals surface area contributed by atoms with Gasteiger partial charge >= 0.3 is 23.9 Å². The first kappa shape index (κ1) is 48.6. The van der Waals surface area contributed by atoms with Gasteiger partial charge in [0.25, 0.3) is 0 Å². The largest absolute Gasteiger partial charge is 0.481 e. The quantitative estimate of drug-likeness (QED) is 0.117. The third-order valence-corrected chi connectivity index (χ3v) is 11.0. The molecule has 3 aromatic rings. The molecule has 1 fully saturated rings. The maximum absolute atomic E-state index is 13.2. The minimum atomic E-state index is -3.51. The molecule has 0 aliphatic carbocycles. The predicted octanol–water partition coefficient (Wildman–Crippen LogP) is -0.108. The summed E-state index contributed by atoms with van der Waals surface area (Å²) < 4.78 is 26.7. The van der Waals surface area contributed by atoms with Gasteiger partial charge in [0.15, 0.2) is 5.43 Å². The van der Waals surface area contributed by atoms with Crippen LogP contribution in [-0.2, 0) is 35.7 Å². The van der Waals surface area contributed by atoms with Crippen LogP contribution in [0.4, 0.5) is 0 Å². The van der Waals surface area contributed by atoms with Crippen LogP contribution in [0.3, 0.4) is 0 Å². The van der Waals surface area contributed by atoms with Gasteiger partial charge in [0, 0.05) is 144 Å². The summed E-state index contributed by atoms with van der Waals surface area (Å²) in [4.78, 5) is 73.6. The number of hydrogen-bond donors (Lipinski definition) is 5. The summed E-state index contributed by atoms with van der Waals surface area (Å²) in [5.41, 5.74) is 0.494. The Morgan fingerprint density at radius 1 is 0.782 bits per heavy atom. The van der Waals surface area contributed by atoms with E-state index in [0.717, 1.165) is 11.0 Å². The Kier molecular flexibility index (Phi) is 20.3. The molecule has 1 aliphatic heterocycles. The molecule has 55 heavy (non-hydrogen) atoms. The van der Waals surface area contributed by atoms with Crippen LogP contribution in [0.2, 0.25) is 0 Å². The van der Waals surface area contributed by atoms with Crippen molar-refractivity contribution in [1.82, 2.24) is 29.3 Å². The number of pyridine rings is 1. The van der Waals surface area contributed by atoms with Gasteiger partial charge in [0.2, 0.25) is 10.0 Å². The Morgan fingerprint density at radius 2 is 1.29 bits per heavy atom. The summed E-state index contributed by atoms with van der Waals surface area (Å²) >= 11 is 1.38. The zero-order valence-electron chi connectivity index (χ0n) is 30.3. The van der Waals surface area contributed by atoms with E-state index in [1.165, 1.54) is 11.3 Å². The summed E-state index contributed by atoms with van der Waals surface area (Å²) in [5, 5.41) is 40.1. The minimum absolute atomic E-state index is 0. The van der Waals surface area contributed by atoms with Crippen LogP contribution in [0.1, 0.15) is 31.4 Å². The smallest absolute Gasteiger partial charge is 0.320 e. The molecule has 305 valence electrons. The molecule has 7 N–H and O–H groups in total. The van der Waals surface area contributed by atoms with Crippen LogP contribution in [0.5, 0.6) is 0 Å². The second kappa shape index (κ2) is 23.0. The average Bonchev–Trinajstić information content (AvgIpc) is 3.07. The number of carboxylic acid groups (broad SMARTS) is 4. The molecule has 0 spiro atoms. The first-order chi connectivity index (χ1) is 25.1. The molecule has 0 saturated carbocycles. The van der Waals surface area contributed by atoms with Gasteiger partial charge in [-0.2, -0.15) is 0 Å². The molecule has 0 bridgehead atoms. The van der Waals surface area contributed by atoms with Crippen molar-refractivity contribution in [2.75, 3.05) is 71.7 Å². The zero-order chi connectivity index (χ0) is 38.7. The SMILES string of the molecule is CS(=O)(=O)NCCN1CCN(C(CCC(=O)O)C(=O)O)CCN(Cc2ccc3c(=O)c4ccccc4sc3n2)CCN(C(CCC(=O)O)C(=O)O)CC1.O.[Eu]. The van der Waals surface area contributed by atoms with Crippen molar-refractivity contribution in [3.63, 3.8) is 0 Å². The number of nitrogens with one attached hydrogen (secondary N) is 1. The number of hydrogen-bond acceptors (Lipinski definition) is 13. The Morgan fingerprint density at radius 3 is 1.78 bits per heavy atom. The molecule has 21 heteroatoms. The molecule has 1 radical (unpaired) electrons. The van der Waals surface area contributed by atoms with Gasteiger partial charge in [-0.3, -0.25) is 43.6 Å². The molecule has 3 heterocycles. The van der Waals surface area contributed by atoms with E-state index in [4.69, 9.17) is 4.98 Å². The topological polar surface area (TPSA) is 270 Å². The Hall–Kier alpha value is -2.57. The van der Waals surface area contributed by atoms with Crippen molar-refractivity contribution in [2.45, 2.75) is 44.3 Å². The number of nitrogens with zero attached hydrogens (tertiary/aromatic N) is 5. The second-order valence-electron chi connectivity index (χ2n) is 13.0. The molecule has 1 saturated heterocycles. The summed E-state index contributed by atoms with van der Waals surface area (Å²) in [7, 11) is -3.51. The first-order valence-corrected chi connectivity index (χ1v) is 19.9.